The molecule has 17 heavy (non-hydrogen) atoms. The number of halogens is 1. The van der Waals surface area contributed by atoms with Gasteiger partial charge in [0, 0.05) is 5.03 Å². The molecule has 5 heteroatoms. The number of fused-ring (bicyclic) bond motifs is 3. The fraction of sp³-hybridized carbons (Fsp3) is 0.833. The molecule has 0 N–H and O–H groups in total. The van der Waals surface area contributed by atoms with Crippen molar-refractivity contribution in [2.75, 3.05) is 0 Å². The minimum absolute atomic E-state index is 0.153. The van der Waals surface area contributed by atoms with Gasteiger partial charge >= 0.3 is 0 Å². The summed E-state index contributed by atoms with van der Waals surface area (Å²) in [7, 11) is 0. The van der Waals surface area contributed by atoms with Gasteiger partial charge in [-0.1, -0.05) is 11.6 Å². The van der Waals surface area contributed by atoms with E-state index in [2.05, 4.69) is 0 Å². The van der Waals surface area contributed by atoms with Crippen molar-refractivity contribution in [1.82, 2.24) is 0 Å². The molecule has 0 amide bonds. The van der Waals surface area contributed by atoms with E-state index in [0.29, 0.717) is 5.03 Å². The topological polar surface area (TPSA) is 36.9 Å². The molecule has 0 aromatic carbocycles. The molecule has 2 fully saturated rings. The molecule has 4 nitrogen and oxygen atoms in total. The van der Waals surface area contributed by atoms with E-state index in [1.807, 2.05) is 33.8 Å². The second kappa shape index (κ2) is 3.45. The molecule has 4 atom stereocenters. The first kappa shape index (κ1) is 11.9. The fourth-order valence-electron chi connectivity index (χ4n) is 2.69. The highest BCUT2D eigenvalue weighted by atomic mass is 35.5. The summed E-state index contributed by atoms with van der Waals surface area (Å²) < 4.78 is 23.3. The molecule has 0 aromatic rings. The number of hydrogen-bond acceptors (Lipinski definition) is 4. The third kappa shape index (κ3) is 1.92. The van der Waals surface area contributed by atoms with Crippen LogP contribution >= 0.6 is 11.6 Å². The van der Waals surface area contributed by atoms with E-state index in [1.165, 1.54) is 0 Å². The van der Waals surface area contributed by atoms with Gasteiger partial charge < -0.3 is 18.9 Å². The molecule has 3 rings (SSSR count). The molecule has 0 radical (unpaired) electrons. The lowest BCUT2D eigenvalue weighted by molar-refractivity contribution is -0.175. The highest BCUT2D eigenvalue weighted by Gasteiger charge is 2.56. The van der Waals surface area contributed by atoms with Gasteiger partial charge in [-0.15, -0.1) is 0 Å². The van der Waals surface area contributed by atoms with Crippen LogP contribution in [0.1, 0.15) is 27.7 Å². The largest absolute Gasteiger partial charge is 0.341 e. The maximum Gasteiger partial charge on any atom is 0.164 e. The normalized spacial score (nSPS) is 46.3. The molecule has 0 unspecified atom stereocenters. The van der Waals surface area contributed by atoms with E-state index in [4.69, 9.17) is 30.5 Å². The zero-order valence-electron chi connectivity index (χ0n) is 10.4. The lowest BCUT2D eigenvalue weighted by Crippen LogP contribution is -2.44. The average molecular weight is 261 g/mol. The predicted molar refractivity (Wildman–Crippen MR) is 61.6 cm³/mol. The van der Waals surface area contributed by atoms with E-state index >= 15 is 0 Å². The molecule has 0 saturated carbocycles. The lowest BCUT2D eigenvalue weighted by Gasteiger charge is -2.28. The molecule has 1 aliphatic carbocycles. The van der Waals surface area contributed by atoms with Crippen molar-refractivity contribution in [3.8, 4) is 0 Å². The highest BCUT2D eigenvalue weighted by Crippen LogP contribution is 2.44. The van der Waals surface area contributed by atoms with Gasteiger partial charge in [-0.2, -0.15) is 0 Å². The second-order valence-electron chi connectivity index (χ2n) is 5.64. The highest BCUT2D eigenvalue weighted by molar-refractivity contribution is 6.30. The monoisotopic (exact) mass is 260 g/mol. The smallest absolute Gasteiger partial charge is 0.164 e. The SMILES string of the molecule is CC1(C)O[C@H]2[C@@H]3OC(C)(C)O[C@@H]3C=C(Cl)[C@H]2O1. The van der Waals surface area contributed by atoms with Gasteiger partial charge in [0.25, 0.3) is 0 Å². The first-order chi connectivity index (χ1) is 7.77. The Labute approximate surface area is 106 Å². The van der Waals surface area contributed by atoms with E-state index < -0.39 is 11.6 Å². The molecule has 0 bridgehead atoms. The summed E-state index contributed by atoms with van der Waals surface area (Å²) in [5, 5.41) is 0.642. The number of hydrogen-bond donors (Lipinski definition) is 0. The Bertz CT molecular complexity index is 377. The molecule has 2 aliphatic heterocycles. The van der Waals surface area contributed by atoms with Crippen LogP contribution < -0.4 is 0 Å². The van der Waals surface area contributed by atoms with Gasteiger partial charge in [-0.25, -0.2) is 0 Å². The van der Waals surface area contributed by atoms with Crippen molar-refractivity contribution < 1.29 is 18.9 Å². The Kier molecular flexibility index (Phi) is 2.42. The van der Waals surface area contributed by atoms with Crippen LogP contribution in [0.25, 0.3) is 0 Å². The molecule has 0 spiro atoms. The Morgan fingerprint density at radius 3 is 2.24 bits per heavy atom. The van der Waals surface area contributed by atoms with Crippen molar-refractivity contribution in [1.29, 1.82) is 0 Å². The van der Waals surface area contributed by atoms with E-state index in [9.17, 15) is 0 Å². The van der Waals surface area contributed by atoms with Crippen LogP contribution in [-0.2, 0) is 18.9 Å². The molecule has 96 valence electrons. The summed E-state index contributed by atoms with van der Waals surface area (Å²) in [6.07, 6.45) is 1.11. The summed E-state index contributed by atoms with van der Waals surface area (Å²) >= 11 is 6.23. The van der Waals surface area contributed by atoms with Gasteiger partial charge in [0.2, 0.25) is 0 Å². The van der Waals surface area contributed by atoms with Gasteiger partial charge in [-0.05, 0) is 33.8 Å². The zero-order chi connectivity index (χ0) is 12.4. The molecule has 2 heterocycles. The minimum Gasteiger partial charge on any atom is -0.341 e. The van der Waals surface area contributed by atoms with Crippen LogP contribution in [0.2, 0.25) is 0 Å². The summed E-state index contributed by atoms with van der Waals surface area (Å²) in [5.41, 5.74) is 0. The van der Waals surface area contributed by atoms with Crippen molar-refractivity contribution in [3.05, 3.63) is 11.1 Å². The summed E-state index contributed by atoms with van der Waals surface area (Å²) in [5.74, 6) is -1.23. The van der Waals surface area contributed by atoms with Crippen LogP contribution in [0.15, 0.2) is 11.1 Å². The molecule has 3 aliphatic rings. The number of ether oxygens (including phenoxy) is 4. The first-order valence-corrected chi connectivity index (χ1v) is 6.24. The van der Waals surface area contributed by atoms with Gasteiger partial charge in [0.1, 0.15) is 24.4 Å². The molecular formula is C12H17ClO4. The van der Waals surface area contributed by atoms with Gasteiger partial charge in [-0.3, -0.25) is 0 Å². The minimum atomic E-state index is -0.631. The maximum atomic E-state index is 6.23. The first-order valence-electron chi connectivity index (χ1n) is 5.86. The molecular weight excluding hydrogens is 244 g/mol. The van der Waals surface area contributed by atoms with Crippen molar-refractivity contribution >= 4 is 11.6 Å². The van der Waals surface area contributed by atoms with E-state index in [-0.39, 0.29) is 24.4 Å². The quantitative estimate of drug-likeness (QED) is 0.669. The Morgan fingerprint density at radius 2 is 1.53 bits per heavy atom. The summed E-state index contributed by atoms with van der Waals surface area (Å²) in [4.78, 5) is 0. The van der Waals surface area contributed by atoms with E-state index in [0.717, 1.165) is 0 Å². The Balaban J connectivity index is 1.92. The summed E-state index contributed by atoms with van der Waals surface area (Å²) in [6, 6.07) is 0. The van der Waals surface area contributed by atoms with Crippen LogP contribution in [-0.4, -0.2) is 36.0 Å². The number of rotatable bonds is 0. The summed E-state index contributed by atoms with van der Waals surface area (Å²) in [6.45, 7) is 7.54. The predicted octanol–water partition coefficient (Wildman–Crippen LogP) is 2.16. The Morgan fingerprint density at radius 1 is 0.941 bits per heavy atom. The van der Waals surface area contributed by atoms with Crippen LogP contribution in [0.4, 0.5) is 0 Å². The third-order valence-corrected chi connectivity index (χ3v) is 3.55. The van der Waals surface area contributed by atoms with Crippen LogP contribution in [0.3, 0.4) is 0 Å². The van der Waals surface area contributed by atoms with E-state index in [1.54, 1.807) is 0 Å². The zero-order valence-corrected chi connectivity index (χ0v) is 11.2. The average Bonchev–Trinajstić information content (AvgIpc) is 2.62. The molecule has 2 saturated heterocycles. The third-order valence-electron chi connectivity index (χ3n) is 3.21. The fourth-order valence-corrected chi connectivity index (χ4v) is 2.99. The van der Waals surface area contributed by atoms with Crippen molar-refractivity contribution in [2.24, 2.45) is 0 Å². The Hall–Kier alpha value is -0.130. The molecule has 0 aromatic heterocycles. The lowest BCUT2D eigenvalue weighted by atomic mass is 9.96. The van der Waals surface area contributed by atoms with Crippen LogP contribution in [0.5, 0.6) is 0 Å². The van der Waals surface area contributed by atoms with Gasteiger partial charge in [0.15, 0.2) is 11.6 Å². The van der Waals surface area contributed by atoms with Gasteiger partial charge in [0.05, 0.1) is 0 Å². The standard InChI is InChI=1S/C12H17ClO4/c1-11(2)14-7-5-6(13)8-10(9(7)16-11)17-12(3,4)15-8/h5,7-10H,1-4H3/t7-,8-,9-,10-/m1/s1. The van der Waals surface area contributed by atoms with Crippen molar-refractivity contribution in [2.45, 2.75) is 63.7 Å². The maximum absolute atomic E-state index is 6.23. The van der Waals surface area contributed by atoms with Crippen LogP contribution in [0, 0.1) is 0 Å². The second-order valence-corrected chi connectivity index (χ2v) is 6.07. The van der Waals surface area contributed by atoms with Crippen molar-refractivity contribution in [3.63, 3.8) is 0 Å².